The quantitative estimate of drug-likeness (QED) is 0.865. The normalized spacial score (nSPS) is 19.9. The van der Waals surface area contributed by atoms with Crippen LogP contribution in [0.5, 0.6) is 0 Å². The molecular formula is C15H22N2. The van der Waals surface area contributed by atoms with E-state index in [2.05, 4.69) is 23.1 Å². The number of anilines is 1. The number of hydrogen-bond acceptors (Lipinski definition) is 2. The van der Waals surface area contributed by atoms with E-state index in [1.165, 1.54) is 62.0 Å². The molecule has 0 aromatic heterocycles. The highest BCUT2D eigenvalue weighted by atomic mass is 15.2. The Kier molecular flexibility index (Phi) is 3.06. The van der Waals surface area contributed by atoms with Crippen LogP contribution in [0.4, 0.5) is 5.69 Å². The minimum absolute atomic E-state index is 0.671. The molecule has 0 bridgehead atoms. The van der Waals surface area contributed by atoms with E-state index in [1.54, 1.807) is 0 Å². The number of nitrogens with two attached hydrogens (primary N) is 1. The lowest BCUT2D eigenvalue weighted by molar-refractivity contribution is 0.537. The summed E-state index contributed by atoms with van der Waals surface area (Å²) in [6, 6.07) is 6.61. The van der Waals surface area contributed by atoms with Crippen molar-refractivity contribution in [2.75, 3.05) is 18.0 Å². The molecule has 0 radical (unpaired) electrons. The van der Waals surface area contributed by atoms with Gasteiger partial charge in [-0.15, -0.1) is 0 Å². The zero-order valence-corrected chi connectivity index (χ0v) is 10.5. The van der Waals surface area contributed by atoms with Crippen molar-refractivity contribution in [2.45, 2.75) is 38.6 Å². The number of benzene rings is 1. The summed E-state index contributed by atoms with van der Waals surface area (Å²) in [6.07, 6.45) is 6.93. The average Bonchev–Trinajstić information content (AvgIpc) is 2.99. The van der Waals surface area contributed by atoms with E-state index in [-0.39, 0.29) is 0 Å². The van der Waals surface area contributed by atoms with Gasteiger partial charge in [-0.05, 0) is 36.3 Å². The summed E-state index contributed by atoms with van der Waals surface area (Å²) in [4.78, 5) is 2.59. The second-order valence-electron chi connectivity index (χ2n) is 5.48. The van der Waals surface area contributed by atoms with Gasteiger partial charge in [0.05, 0.1) is 0 Å². The van der Waals surface area contributed by atoms with Gasteiger partial charge in [-0.1, -0.05) is 31.0 Å². The molecule has 2 nitrogen and oxygen atoms in total. The van der Waals surface area contributed by atoms with Crippen molar-refractivity contribution < 1.29 is 0 Å². The molecule has 0 unspecified atom stereocenters. The second kappa shape index (κ2) is 4.69. The minimum Gasteiger partial charge on any atom is -0.370 e. The van der Waals surface area contributed by atoms with E-state index in [1.807, 2.05) is 0 Å². The molecule has 1 aliphatic heterocycles. The van der Waals surface area contributed by atoms with Crippen LogP contribution in [0.3, 0.4) is 0 Å². The van der Waals surface area contributed by atoms with Crippen LogP contribution in [-0.4, -0.2) is 13.1 Å². The van der Waals surface area contributed by atoms with E-state index in [4.69, 9.17) is 5.73 Å². The fraction of sp³-hybridized carbons (Fsp3) is 0.600. The zero-order chi connectivity index (χ0) is 11.7. The van der Waals surface area contributed by atoms with Gasteiger partial charge in [-0.2, -0.15) is 0 Å². The third-order valence-corrected chi connectivity index (χ3v) is 4.34. The Morgan fingerprint density at radius 2 is 2.06 bits per heavy atom. The first-order valence-electron chi connectivity index (χ1n) is 6.94. The highest BCUT2D eigenvalue weighted by Gasteiger charge is 2.25. The second-order valence-corrected chi connectivity index (χ2v) is 5.48. The molecule has 1 aromatic carbocycles. The van der Waals surface area contributed by atoms with Gasteiger partial charge < -0.3 is 10.6 Å². The van der Waals surface area contributed by atoms with Crippen LogP contribution < -0.4 is 10.6 Å². The first-order chi connectivity index (χ1) is 8.38. The summed E-state index contributed by atoms with van der Waals surface area (Å²) in [7, 11) is 0. The summed E-state index contributed by atoms with van der Waals surface area (Å²) >= 11 is 0. The molecule has 1 aromatic rings. The van der Waals surface area contributed by atoms with E-state index in [0.29, 0.717) is 6.54 Å². The van der Waals surface area contributed by atoms with E-state index in [9.17, 15) is 0 Å². The van der Waals surface area contributed by atoms with Gasteiger partial charge in [-0.25, -0.2) is 0 Å². The maximum absolute atomic E-state index is 5.87. The van der Waals surface area contributed by atoms with Crippen molar-refractivity contribution in [3.8, 4) is 0 Å². The summed E-state index contributed by atoms with van der Waals surface area (Å²) < 4.78 is 0. The van der Waals surface area contributed by atoms with Crippen LogP contribution in [0.15, 0.2) is 18.2 Å². The van der Waals surface area contributed by atoms with Crippen molar-refractivity contribution in [3.63, 3.8) is 0 Å². The first-order valence-corrected chi connectivity index (χ1v) is 6.94. The Bertz CT molecular complexity index is 394. The van der Waals surface area contributed by atoms with Gasteiger partial charge in [0.15, 0.2) is 0 Å². The van der Waals surface area contributed by atoms with Crippen molar-refractivity contribution in [1.29, 1.82) is 0 Å². The molecule has 1 aliphatic carbocycles. The Morgan fingerprint density at radius 1 is 1.24 bits per heavy atom. The molecule has 0 amide bonds. The molecule has 0 saturated heterocycles. The third kappa shape index (κ3) is 2.06. The molecule has 92 valence electrons. The van der Waals surface area contributed by atoms with Crippen molar-refractivity contribution >= 4 is 5.69 Å². The Balaban J connectivity index is 1.81. The van der Waals surface area contributed by atoms with Crippen LogP contribution in [0.25, 0.3) is 0 Å². The molecule has 2 N–H and O–H groups in total. The number of para-hydroxylation sites is 1. The molecule has 17 heavy (non-hydrogen) atoms. The smallest absolute Gasteiger partial charge is 0.0445 e. The molecule has 0 spiro atoms. The highest BCUT2D eigenvalue weighted by Crippen LogP contribution is 2.34. The zero-order valence-electron chi connectivity index (χ0n) is 10.5. The average molecular weight is 230 g/mol. The van der Waals surface area contributed by atoms with Gasteiger partial charge in [0.1, 0.15) is 0 Å². The maximum atomic E-state index is 5.87. The van der Waals surface area contributed by atoms with E-state index in [0.717, 1.165) is 5.92 Å². The largest absolute Gasteiger partial charge is 0.370 e. The summed E-state index contributed by atoms with van der Waals surface area (Å²) in [5, 5.41) is 0. The van der Waals surface area contributed by atoms with Crippen molar-refractivity contribution in [2.24, 2.45) is 11.7 Å². The molecular weight excluding hydrogens is 208 g/mol. The number of nitrogens with zero attached hydrogens (tertiary/aromatic N) is 1. The van der Waals surface area contributed by atoms with Gasteiger partial charge in [-0.3, -0.25) is 0 Å². The van der Waals surface area contributed by atoms with E-state index >= 15 is 0 Å². The van der Waals surface area contributed by atoms with E-state index < -0.39 is 0 Å². The molecule has 3 rings (SSSR count). The lowest BCUT2D eigenvalue weighted by atomic mass is 10.1. The number of rotatable bonds is 3. The van der Waals surface area contributed by atoms with Gasteiger partial charge in [0.25, 0.3) is 0 Å². The summed E-state index contributed by atoms with van der Waals surface area (Å²) in [5.41, 5.74) is 10.2. The predicted octanol–water partition coefficient (Wildman–Crippen LogP) is 2.70. The van der Waals surface area contributed by atoms with Crippen LogP contribution >= 0.6 is 0 Å². The maximum Gasteiger partial charge on any atom is 0.0445 e. The lowest BCUT2D eigenvalue weighted by Gasteiger charge is -2.25. The Hall–Kier alpha value is -1.02. The molecule has 2 aliphatic rings. The van der Waals surface area contributed by atoms with Crippen LogP contribution in [-0.2, 0) is 13.0 Å². The fourth-order valence-electron chi connectivity index (χ4n) is 3.47. The molecule has 1 saturated carbocycles. The highest BCUT2D eigenvalue weighted by molar-refractivity contribution is 5.63. The minimum atomic E-state index is 0.671. The Morgan fingerprint density at radius 3 is 2.82 bits per heavy atom. The number of hydrogen-bond donors (Lipinski definition) is 1. The molecule has 1 fully saturated rings. The topological polar surface area (TPSA) is 29.3 Å². The van der Waals surface area contributed by atoms with Crippen molar-refractivity contribution in [1.82, 2.24) is 0 Å². The molecule has 1 heterocycles. The van der Waals surface area contributed by atoms with Gasteiger partial charge in [0.2, 0.25) is 0 Å². The first kappa shape index (κ1) is 11.1. The fourth-order valence-corrected chi connectivity index (χ4v) is 3.47. The SMILES string of the molecule is NCc1cccc2c1N(CC1CCCC1)CC2. The van der Waals surface area contributed by atoms with Crippen LogP contribution in [0.1, 0.15) is 36.8 Å². The van der Waals surface area contributed by atoms with Crippen LogP contribution in [0.2, 0.25) is 0 Å². The van der Waals surface area contributed by atoms with Gasteiger partial charge >= 0.3 is 0 Å². The van der Waals surface area contributed by atoms with Crippen LogP contribution in [0, 0.1) is 5.92 Å². The number of fused-ring (bicyclic) bond motifs is 1. The third-order valence-electron chi connectivity index (χ3n) is 4.34. The lowest BCUT2D eigenvalue weighted by Crippen LogP contribution is -2.27. The molecule has 2 heteroatoms. The summed E-state index contributed by atoms with van der Waals surface area (Å²) in [6.45, 7) is 3.12. The summed E-state index contributed by atoms with van der Waals surface area (Å²) in [5.74, 6) is 0.923. The van der Waals surface area contributed by atoms with Crippen molar-refractivity contribution in [3.05, 3.63) is 29.3 Å². The monoisotopic (exact) mass is 230 g/mol. The standard InChI is InChI=1S/C15H22N2/c16-10-14-7-3-6-13-8-9-17(15(13)14)11-12-4-1-2-5-12/h3,6-7,12H,1-2,4-5,8-11,16H2. The Labute approximate surface area is 104 Å². The molecule has 0 atom stereocenters. The van der Waals surface area contributed by atoms with Gasteiger partial charge in [0, 0.05) is 25.3 Å². The predicted molar refractivity (Wildman–Crippen MR) is 72.2 cm³/mol.